The summed E-state index contributed by atoms with van der Waals surface area (Å²) in [5.74, 6) is -1.13. The minimum absolute atomic E-state index is 0.0502. The van der Waals surface area contributed by atoms with Gasteiger partial charge in [0.05, 0.1) is 0 Å². The van der Waals surface area contributed by atoms with Crippen LogP contribution in [0.4, 0.5) is 0 Å². The Kier molecular flexibility index (Phi) is 8.51. The van der Waals surface area contributed by atoms with Crippen LogP contribution < -0.4 is 8.37 Å². The number of fused-ring (bicyclic) bond motifs is 2. The summed E-state index contributed by atoms with van der Waals surface area (Å²) in [5, 5.41) is 0. The van der Waals surface area contributed by atoms with E-state index in [0.717, 1.165) is 22.3 Å². The van der Waals surface area contributed by atoms with E-state index in [1.165, 1.54) is 85.0 Å². The van der Waals surface area contributed by atoms with Gasteiger partial charge in [-0.05, 0) is 76.9 Å². The monoisotopic (exact) mass is 726 g/mol. The second-order valence-electron chi connectivity index (χ2n) is 11.4. The number of carbonyl (C=O) groups excluding carboxylic acids is 2. The predicted octanol–water partition coefficient (Wildman–Crippen LogP) is 6.32. The Balaban J connectivity index is 1.07. The molecule has 254 valence electrons. The van der Waals surface area contributed by atoms with Gasteiger partial charge >= 0.3 is 31.7 Å². The van der Waals surface area contributed by atoms with Gasteiger partial charge < -0.3 is 19.4 Å². The molecule has 2 aliphatic rings. The number of carbonyl (C=O) groups is 2. The Bertz CT molecular complexity index is 2560. The highest BCUT2D eigenvalue weighted by Crippen LogP contribution is 2.33. The molecule has 5 aromatic rings. The van der Waals surface area contributed by atoms with Crippen LogP contribution in [0.1, 0.15) is 31.8 Å². The van der Waals surface area contributed by atoms with E-state index in [-0.39, 0.29) is 55.0 Å². The fourth-order valence-corrected chi connectivity index (χ4v) is 8.09. The third-order valence-corrected chi connectivity index (χ3v) is 10.9. The molecule has 0 amide bonds. The molecule has 0 N–H and O–H groups in total. The van der Waals surface area contributed by atoms with Crippen LogP contribution >= 0.6 is 0 Å². The lowest BCUT2D eigenvalue weighted by Gasteiger charge is -2.14. The minimum atomic E-state index is -4.35. The molecular formula is C38H22N4O8S2. The van der Waals surface area contributed by atoms with Gasteiger partial charge in [-0.1, -0.05) is 66.7 Å². The van der Waals surface area contributed by atoms with Gasteiger partial charge in [0.1, 0.15) is 21.3 Å². The fourth-order valence-electron chi connectivity index (χ4n) is 5.80. The molecule has 5 aromatic carbocycles. The van der Waals surface area contributed by atoms with Gasteiger partial charge in [-0.15, -0.1) is 0 Å². The Morgan fingerprint density at radius 1 is 0.462 bits per heavy atom. The molecule has 0 atom stereocenters. The average Bonchev–Trinajstić information content (AvgIpc) is 3.15. The molecule has 14 heteroatoms. The molecule has 0 unspecified atom stereocenters. The normalized spacial score (nSPS) is 13.5. The first-order chi connectivity index (χ1) is 25.0. The van der Waals surface area contributed by atoms with Gasteiger partial charge in [-0.2, -0.15) is 26.4 Å². The van der Waals surface area contributed by atoms with Crippen molar-refractivity contribution in [3.8, 4) is 33.8 Å². The van der Waals surface area contributed by atoms with E-state index in [9.17, 15) is 26.4 Å². The van der Waals surface area contributed by atoms with Gasteiger partial charge in [0.2, 0.25) is 0 Å². The van der Waals surface area contributed by atoms with E-state index in [1.54, 1.807) is 24.3 Å². The van der Waals surface area contributed by atoms with Crippen molar-refractivity contribution in [1.29, 1.82) is 0 Å². The van der Waals surface area contributed by atoms with Gasteiger partial charge in [-0.3, -0.25) is 9.59 Å². The first-order valence-corrected chi connectivity index (χ1v) is 18.2. The Morgan fingerprint density at radius 3 is 1.23 bits per heavy atom. The number of nitrogens with zero attached hydrogens (tertiary/aromatic N) is 4. The molecule has 0 aromatic heterocycles. The number of ketones is 2. The largest absolute Gasteiger partial charge is 0.379 e. The third-order valence-electron chi connectivity index (χ3n) is 8.31. The molecular weight excluding hydrogens is 705 g/mol. The van der Waals surface area contributed by atoms with E-state index >= 15 is 0 Å². The van der Waals surface area contributed by atoms with Crippen LogP contribution in [0.5, 0.6) is 11.5 Å². The van der Waals surface area contributed by atoms with Crippen molar-refractivity contribution in [2.75, 3.05) is 0 Å². The number of hydrogen-bond donors (Lipinski definition) is 0. The SMILES string of the molecule is [N-]=[N+]=C1C=Cc2c(cccc2S(=O)(=O)Oc2ccc(-c3cccc(-c4ccc(OS(=O)(=O)c5cccc6c5C=CC(=[N+]=[N-])C6=O)cc4)c3)cc2)C1=O. The van der Waals surface area contributed by atoms with Crippen LogP contribution in [-0.4, -0.2) is 49.4 Å². The molecule has 0 heterocycles. The summed E-state index contributed by atoms with van der Waals surface area (Å²) in [6, 6.07) is 28.7. The van der Waals surface area contributed by atoms with Crippen molar-refractivity contribution in [1.82, 2.24) is 0 Å². The smallest absolute Gasteiger partial charge is 0.362 e. The summed E-state index contributed by atoms with van der Waals surface area (Å²) in [4.78, 5) is 30.5. The van der Waals surface area contributed by atoms with Crippen molar-refractivity contribution >= 4 is 55.4 Å². The van der Waals surface area contributed by atoms with Crippen molar-refractivity contribution in [2.24, 2.45) is 0 Å². The topological polar surface area (TPSA) is 194 Å². The second-order valence-corrected chi connectivity index (χ2v) is 14.5. The standard InChI is InChI=1S/C38H22N4O8S2/c39-41-33-20-18-29-31(37(33)43)6-2-8-35(29)51(45,46)49-27-14-10-23(11-15-27)25-4-1-5-26(22-25)24-12-16-28(17-13-24)50-52(47,48)36-9-3-7-32-30(36)19-21-34(42-40)38(32)44/h1-22H. The predicted molar refractivity (Wildman–Crippen MR) is 190 cm³/mol. The summed E-state index contributed by atoms with van der Waals surface area (Å²) in [6.45, 7) is 0. The molecule has 0 aliphatic heterocycles. The summed E-state index contributed by atoms with van der Waals surface area (Å²) in [7, 11) is -8.69. The molecule has 0 saturated carbocycles. The fraction of sp³-hybridized carbons (Fsp3) is 0. The van der Waals surface area contributed by atoms with Gasteiger partial charge in [0.25, 0.3) is 11.6 Å². The van der Waals surface area contributed by atoms with Crippen molar-refractivity contribution < 1.29 is 44.4 Å². The van der Waals surface area contributed by atoms with Crippen LogP contribution in [0.3, 0.4) is 0 Å². The summed E-state index contributed by atoms with van der Waals surface area (Å²) < 4.78 is 63.7. The quantitative estimate of drug-likeness (QED) is 0.101. The summed E-state index contributed by atoms with van der Waals surface area (Å²) in [6.07, 6.45) is 5.21. The number of benzene rings is 5. The Hall–Kier alpha value is -6.82. The number of allylic oxidation sites excluding steroid dienone is 2. The maximum atomic E-state index is 13.2. The number of rotatable bonds is 8. The third kappa shape index (κ3) is 6.22. The summed E-state index contributed by atoms with van der Waals surface area (Å²) in [5.41, 5.74) is 21.2. The lowest BCUT2D eigenvalue weighted by atomic mass is 9.95. The van der Waals surface area contributed by atoms with E-state index in [2.05, 4.69) is 9.58 Å². The van der Waals surface area contributed by atoms with Crippen LogP contribution in [-0.2, 0) is 20.2 Å². The zero-order chi connectivity index (χ0) is 36.6. The van der Waals surface area contributed by atoms with Crippen LogP contribution in [0.25, 0.3) is 45.5 Å². The minimum Gasteiger partial charge on any atom is -0.379 e. The molecule has 0 saturated heterocycles. The molecule has 0 fully saturated rings. The molecule has 2 aliphatic carbocycles. The van der Waals surface area contributed by atoms with Gasteiger partial charge in [-0.25, -0.2) is 0 Å². The van der Waals surface area contributed by atoms with Crippen LogP contribution in [0.2, 0.25) is 0 Å². The molecule has 0 radical (unpaired) electrons. The molecule has 7 rings (SSSR count). The highest BCUT2D eigenvalue weighted by Gasteiger charge is 2.32. The average molecular weight is 727 g/mol. The zero-order valence-corrected chi connectivity index (χ0v) is 28.2. The Morgan fingerprint density at radius 2 is 0.846 bits per heavy atom. The first kappa shape index (κ1) is 33.7. The molecule has 52 heavy (non-hydrogen) atoms. The van der Waals surface area contributed by atoms with Crippen LogP contribution in [0.15, 0.2) is 131 Å². The highest BCUT2D eigenvalue weighted by molar-refractivity contribution is 7.87. The molecule has 0 bridgehead atoms. The van der Waals surface area contributed by atoms with Crippen molar-refractivity contribution in [2.45, 2.75) is 9.79 Å². The van der Waals surface area contributed by atoms with E-state index in [1.807, 2.05) is 24.3 Å². The van der Waals surface area contributed by atoms with Gasteiger partial charge in [0, 0.05) is 34.4 Å². The van der Waals surface area contributed by atoms with Crippen molar-refractivity contribution in [3.63, 3.8) is 0 Å². The van der Waals surface area contributed by atoms with E-state index in [4.69, 9.17) is 19.4 Å². The van der Waals surface area contributed by atoms with E-state index in [0.29, 0.717) is 0 Å². The zero-order valence-electron chi connectivity index (χ0n) is 26.6. The lowest BCUT2D eigenvalue weighted by Crippen LogP contribution is -2.20. The molecule has 12 nitrogen and oxygen atoms in total. The number of Topliss-reactive ketones (excluding diaryl/α,β-unsaturated/α-hetero) is 2. The van der Waals surface area contributed by atoms with Gasteiger partial charge in [0.15, 0.2) is 0 Å². The van der Waals surface area contributed by atoms with Crippen molar-refractivity contribution in [3.05, 3.63) is 155 Å². The maximum Gasteiger partial charge on any atom is 0.362 e. The first-order valence-electron chi connectivity index (χ1n) is 15.3. The maximum absolute atomic E-state index is 13.2. The lowest BCUT2D eigenvalue weighted by molar-refractivity contribution is -0.00459. The second kappa shape index (κ2) is 13.1. The summed E-state index contributed by atoms with van der Waals surface area (Å²) >= 11 is 0. The van der Waals surface area contributed by atoms with E-state index < -0.39 is 31.8 Å². The molecule has 0 spiro atoms. The Labute approximate surface area is 297 Å². The highest BCUT2D eigenvalue weighted by atomic mass is 32.2. The van der Waals surface area contributed by atoms with Crippen LogP contribution in [0, 0.1) is 0 Å². The number of hydrogen-bond acceptors (Lipinski definition) is 8.